The second kappa shape index (κ2) is 6.40. The molecule has 0 unspecified atom stereocenters. The first-order valence-electron chi connectivity index (χ1n) is 5.20. The van der Waals surface area contributed by atoms with Crippen LogP contribution in [0.4, 0.5) is 4.39 Å². The largest absolute Gasteiger partial charge is 0.493 e. The first-order valence-corrected chi connectivity index (χ1v) is 5.20. The first kappa shape index (κ1) is 12.0. The highest BCUT2D eigenvalue weighted by atomic mass is 19.1. The molecule has 1 rings (SSSR count). The Morgan fingerprint density at radius 2 is 2.07 bits per heavy atom. The minimum Gasteiger partial charge on any atom is -0.493 e. The van der Waals surface area contributed by atoms with Gasteiger partial charge in [-0.15, -0.1) is 0 Å². The molecule has 84 valence electrons. The van der Waals surface area contributed by atoms with Crippen LogP contribution in [0.15, 0.2) is 18.2 Å². The zero-order valence-electron chi connectivity index (χ0n) is 9.25. The van der Waals surface area contributed by atoms with E-state index in [0.29, 0.717) is 24.5 Å². The Labute approximate surface area is 90.0 Å². The molecular weight excluding hydrogens is 195 g/mol. The van der Waals surface area contributed by atoms with E-state index in [1.165, 1.54) is 6.07 Å². The zero-order valence-corrected chi connectivity index (χ0v) is 9.25. The van der Waals surface area contributed by atoms with E-state index in [1.807, 2.05) is 6.92 Å². The molecule has 0 aliphatic carbocycles. The van der Waals surface area contributed by atoms with Gasteiger partial charge < -0.3 is 9.47 Å². The molecule has 0 N–H and O–H groups in total. The molecule has 15 heavy (non-hydrogen) atoms. The maximum Gasteiger partial charge on any atom is 0.126 e. The normalized spacial score (nSPS) is 10.3. The molecule has 3 heteroatoms. The summed E-state index contributed by atoms with van der Waals surface area (Å²) >= 11 is 0. The fourth-order valence-corrected chi connectivity index (χ4v) is 1.20. The molecule has 0 aromatic heterocycles. The van der Waals surface area contributed by atoms with Gasteiger partial charge in [0.25, 0.3) is 0 Å². The summed E-state index contributed by atoms with van der Waals surface area (Å²) in [7, 11) is 0. The monoisotopic (exact) mass is 212 g/mol. The number of halogens is 1. The molecule has 0 aliphatic heterocycles. The molecule has 0 spiro atoms. The summed E-state index contributed by atoms with van der Waals surface area (Å²) in [5, 5.41) is 0. The van der Waals surface area contributed by atoms with Crippen molar-refractivity contribution < 1.29 is 13.9 Å². The Hall–Kier alpha value is -1.09. The van der Waals surface area contributed by atoms with Crippen molar-refractivity contribution in [3.8, 4) is 5.75 Å². The molecule has 0 amide bonds. The lowest BCUT2D eigenvalue weighted by atomic mass is 10.2. The van der Waals surface area contributed by atoms with E-state index in [9.17, 15) is 4.39 Å². The van der Waals surface area contributed by atoms with Crippen molar-refractivity contribution >= 4 is 0 Å². The lowest BCUT2D eigenvalue weighted by Crippen LogP contribution is -2.03. The van der Waals surface area contributed by atoms with Crippen molar-refractivity contribution in [2.45, 2.75) is 20.3 Å². The van der Waals surface area contributed by atoms with Gasteiger partial charge in [-0.2, -0.15) is 0 Å². The van der Waals surface area contributed by atoms with Crippen LogP contribution in [-0.2, 0) is 4.74 Å². The summed E-state index contributed by atoms with van der Waals surface area (Å²) in [5.41, 5.74) is 0.609. The topological polar surface area (TPSA) is 18.5 Å². The van der Waals surface area contributed by atoms with Crippen LogP contribution in [0, 0.1) is 12.7 Å². The Morgan fingerprint density at radius 1 is 1.27 bits per heavy atom. The van der Waals surface area contributed by atoms with E-state index in [1.54, 1.807) is 19.1 Å². The van der Waals surface area contributed by atoms with E-state index in [-0.39, 0.29) is 5.82 Å². The van der Waals surface area contributed by atoms with Crippen LogP contribution in [-0.4, -0.2) is 19.8 Å². The molecule has 2 nitrogen and oxygen atoms in total. The second-order valence-electron chi connectivity index (χ2n) is 3.31. The average molecular weight is 212 g/mol. The molecule has 0 saturated carbocycles. The highest BCUT2D eigenvalue weighted by Gasteiger charge is 1.99. The summed E-state index contributed by atoms with van der Waals surface area (Å²) in [4.78, 5) is 0. The van der Waals surface area contributed by atoms with Gasteiger partial charge in [-0.05, 0) is 37.6 Å². The molecule has 0 radical (unpaired) electrons. The molecule has 0 saturated heterocycles. The summed E-state index contributed by atoms with van der Waals surface area (Å²) in [6.07, 6.45) is 0.851. The van der Waals surface area contributed by atoms with Crippen molar-refractivity contribution in [1.82, 2.24) is 0 Å². The Balaban J connectivity index is 2.28. The van der Waals surface area contributed by atoms with Crippen LogP contribution in [0.5, 0.6) is 5.75 Å². The first-order chi connectivity index (χ1) is 7.24. The highest BCUT2D eigenvalue weighted by Crippen LogP contribution is 2.15. The van der Waals surface area contributed by atoms with Crippen LogP contribution in [0.1, 0.15) is 18.9 Å². The Kier molecular flexibility index (Phi) is 5.12. The SMILES string of the molecule is CCOCCCOc1ccc(F)c(C)c1. The van der Waals surface area contributed by atoms with Crippen LogP contribution in [0.3, 0.4) is 0 Å². The molecular formula is C12H17FO2. The minimum atomic E-state index is -0.198. The van der Waals surface area contributed by atoms with E-state index < -0.39 is 0 Å². The summed E-state index contributed by atoms with van der Waals surface area (Å²) < 4.78 is 23.5. The molecule has 0 aliphatic rings. The van der Waals surface area contributed by atoms with Crippen molar-refractivity contribution in [1.29, 1.82) is 0 Å². The van der Waals surface area contributed by atoms with Crippen molar-refractivity contribution in [2.24, 2.45) is 0 Å². The fourth-order valence-electron chi connectivity index (χ4n) is 1.20. The van der Waals surface area contributed by atoms with Crippen molar-refractivity contribution in [2.75, 3.05) is 19.8 Å². The molecule has 1 aromatic carbocycles. The predicted octanol–water partition coefficient (Wildman–Crippen LogP) is 2.94. The quantitative estimate of drug-likeness (QED) is 0.675. The van der Waals surface area contributed by atoms with Gasteiger partial charge in [-0.3, -0.25) is 0 Å². The molecule has 0 bridgehead atoms. The number of aryl methyl sites for hydroxylation is 1. The molecule has 0 heterocycles. The number of ether oxygens (including phenoxy) is 2. The second-order valence-corrected chi connectivity index (χ2v) is 3.31. The lowest BCUT2D eigenvalue weighted by Gasteiger charge is -2.07. The van der Waals surface area contributed by atoms with E-state index in [2.05, 4.69) is 0 Å². The lowest BCUT2D eigenvalue weighted by molar-refractivity contribution is 0.131. The van der Waals surface area contributed by atoms with Gasteiger partial charge in [0.1, 0.15) is 11.6 Å². The van der Waals surface area contributed by atoms with Gasteiger partial charge in [0.05, 0.1) is 6.61 Å². The van der Waals surface area contributed by atoms with Gasteiger partial charge in [-0.25, -0.2) is 4.39 Å². The number of benzene rings is 1. The molecule has 0 atom stereocenters. The summed E-state index contributed by atoms with van der Waals surface area (Å²) in [5.74, 6) is 0.516. The van der Waals surface area contributed by atoms with E-state index >= 15 is 0 Å². The summed E-state index contributed by atoms with van der Waals surface area (Å²) in [6.45, 7) is 5.73. The van der Waals surface area contributed by atoms with E-state index in [4.69, 9.17) is 9.47 Å². The Bertz CT molecular complexity index is 300. The number of hydrogen-bond donors (Lipinski definition) is 0. The van der Waals surface area contributed by atoms with Gasteiger partial charge in [-0.1, -0.05) is 0 Å². The van der Waals surface area contributed by atoms with Gasteiger partial charge >= 0.3 is 0 Å². The van der Waals surface area contributed by atoms with Gasteiger partial charge in [0, 0.05) is 19.6 Å². The third-order valence-electron chi connectivity index (χ3n) is 2.04. The van der Waals surface area contributed by atoms with Gasteiger partial charge in [0.15, 0.2) is 0 Å². The maximum absolute atomic E-state index is 12.9. The van der Waals surface area contributed by atoms with E-state index in [0.717, 1.165) is 13.0 Å². The third-order valence-corrected chi connectivity index (χ3v) is 2.04. The molecule has 0 fully saturated rings. The third kappa shape index (κ3) is 4.30. The zero-order chi connectivity index (χ0) is 11.1. The van der Waals surface area contributed by atoms with Crippen molar-refractivity contribution in [3.63, 3.8) is 0 Å². The average Bonchev–Trinajstić information content (AvgIpc) is 2.23. The minimum absolute atomic E-state index is 0.198. The van der Waals surface area contributed by atoms with Gasteiger partial charge in [0.2, 0.25) is 0 Å². The maximum atomic E-state index is 12.9. The predicted molar refractivity (Wildman–Crippen MR) is 57.7 cm³/mol. The standard InChI is InChI=1S/C12H17FO2/c1-3-14-7-4-8-15-11-5-6-12(13)10(2)9-11/h5-6,9H,3-4,7-8H2,1-2H3. The molecule has 1 aromatic rings. The number of hydrogen-bond acceptors (Lipinski definition) is 2. The van der Waals surface area contributed by atoms with Crippen LogP contribution < -0.4 is 4.74 Å². The smallest absolute Gasteiger partial charge is 0.126 e. The highest BCUT2D eigenvalue weighted by molar-refractivity contribution is 5.28. The summed E-state index contributed by atoms with van der Waals surface area (Å²) in [6, 6.07) is 4.77. The van der Waals surface area contributed by atoms with Crippen LogP contribution in [0.25, 0.3) is 0 Å². The Morgan fingerprint density at radius 3 is 2.73 bits per heavy atom. The van der Waals surface area contributed by atoms with Crippen molar-refractivity contribution in [3.05, 3.63) is 29.6 Å². The van der Waals surface area contributed by atoms with Crippen LogP contribution in [0.2, 0.25) is 0 Å². The number of rotatable bonds is 6. The fraction of sp³-hybridized carbons (Fsp3) is 0.500. The van der Waals surface area contributed by atoms with Crippen LogP contribution >= 0.6 is 0 Å².